The lowest BCUT2D eigenvalue weighted by Crippen LogP contribution is -2.46. The summed E-state index contributed by atoms with van der Waals surface area (Å²) in [6.45, 7) is 6.10. The molecule has 1 aliphatic heterocycles. The number of nitrogens with zero attached hydrogens (tertiary/aromatic N) is 1. The number of thioether (sulfide) groups is 1. The smallest absolute Gasteiger partial charge is 0.220 e. The second-order valence-electron chi connectivity index (χ2n) is 3.68. The van der Waals surface area contributed by atoms with E-state index in [-0.39, 0.29) is 5.91 Å². The van der Waals surface area contributed by atoms with E-state index in [9.17, 15) is 4.79 Å². The van der Waals surface area contributed by atoms with Gasteiger partial charge in [0, 0.05) is 51.4 Å². The molecule has 0 radical (unpaired) electrons. The average molecular weight is 231 g/mol. The van der Waals surface area contributed by atoms with Crippen LogP contribution in [0.4, 0.5) is 0 Å². The molecular weight excluding hydrogens is 210 g/mol. The topological polar surface area (TPSA) is 44.4 Å². The molecule has 0 saturated carbocycles. The van der Waals surface area contributed by atoms with Gasteiger partial charge >= 0.3 is 0 Å². The summed E-state index contributed by atoms with van der Waals surface area (Å²) in [7, 11) is 0. The molecular formula is C10H21N3OS. The molecule has 1 heterocycles. The van der Waals surface area contributed by atoms with Crippen molar-refractivity contribution in [3.8, 4) is 0 Å². The standard InChI is InChI=1S/C10H21N3OS/c1-15-9-2-10(14)12-5-8-13-6-3-11-4-7-13/h11H,2-9H2,1H3,(H,12,14). The largest absolute Gasteiger partial charge is 0.355 e. The molecule has 2 N–H and O–H groups in total. The van der Waals surface area contributed by atoms with E-state index in [1.54, 1.807) is 11.8 Å². The third-order valence-electron chi connectivity index (χ3n) is 2.49. The third-order valence-corrected chi connectivity index (χ3v) is 3.11. The van der Waals surface area contributed by atoms with Crippen LogP contribution in [0.2, 0.25) is 0 Å². The highest BCUT2D eigenvalue weighted by Crippen LogP contribution is 1.95. The fraction of sp³-hybridized carbons (Fsp3) is 0.900. The molecule has 5 heteroatoms. The molecule has 4 nitrogen and oxygen atoms in total. The van der Waals surface area contributed by atoms with Crippen LogP contribution in [-0.4, -0.2) is 62.1 Å². The Balaban J connectivity index is 1.97. The lowest BCUT2D eigenvalue weighted by molar-refractivity contribution is -0.120. The highest BCUT2D eigenvalue weighted by molar-refractivity contribution is 7.98. The van der Waals surface area contributed by atoms with Gasteiger partial charge in [-0.25, -0.2) is 0 Å². The molecule has 1 aliphatic rings. The summed E-state index contributed by atoms with van der Waals surface area (Å²) >= 11 is 1.71. The SMILES string of the molecule is CSCCC(=O)NCCN1CCNCC1. The molecule has 0 aromatic carbocycles. The van der Waals surface area contributed by atoms with Crippen molar-refractivity contribution in [3.63, 3.8) is 0 Å². The molecule has 0 aromatic rings. The molecule has 0 atom stereocenters. The zero-order valence-electron chi connectivity index (χ0n) is 9.42. The summed E-state index contributed by atoms with van der Waals surface area (Å²) in [5, 5.41) is 6.26. The van der Waals surface area contributed by atoms with Gasteiger partial charge < -0.3 is 10.6 Å². The lowest BCUT2D eigenvalue weighted by Gasteiger charge is -2.27. The maximum atomic E-state index is 11.3. The van der Waals surface area contributed by atoms with Crippen molar-refractivity contribution in [2.24, 2.45) is 0 Å². The molecule has 0 aliphatic carbocycles. The Labute approximate surface area is 96.2 Å². The number of carbonyl (C=O) groups excluding carboxylic acids is 1. The highest BCUT2D eigenvalue weighted by Gasteiger charge is 2.08. The monoisotopic (exact) mass is 231 g/mol. The van der Waals surface area contributed by atoms with E-state index in [1.165, 1.54) is 0 Å². The number of piperazine rings is 1. The molecule has 0 bridgehead atoms. The normalized spacial score (nSPS) is 17.7. The van der Waals surface area contributed by atoms with Crippen LogP contribution in [0.25, 0.3) is 0 Å². The summed E-state index contributed by atoms with van der Waals surface area (Å²) in [5.74, 6) is 1.10. The summed E-state index contributed by atoms with van der Waals surface area (Å²) < 4.78 is 0. The molecule has 88 valence electrons. The zero-order chi connectivity index (χ0) is 10.9. The molecule has 0 aromatic heterocycles. The first-order chi connectivity index (χ1) is 7.33. The molecule has 0 unspecified atom stereocenters. The van der Waals surface area contributed by atoms with Crippen molar-refractivity contribution in [3.05, 3.63) is 0 Å². The van der Waals surface area contributed by atoms with Gasteiger partial charge in [0.15, 0.2) is 0 Å². The fourth-order valence-corrected chi connectivity index (χ4v) is 1.96. The van der Waals surface area contributed by atoms with Crippen molar-refractivity contribution in [1.29, 1.82) is 0 Å². The average Bonchev–Trinajstić information content (AvgIpc) is 2.28. The second-order valence-corrected chi connectivity index (χ2v) is 4.67. The Kier molecular flexibility index (Phi) is 6.80. The van der Waals surface area contributed by atoms with E-state index in [4.69, 9.17) is 0 Å². The Morgan fingerprint density at radius 3 is 2.87 bits per heavy atom. The molecule has 0 spiro atoms. The van der Waals surface area contributed by atoms with Crippen LogP contribution in [0.5, 0.6) is 0 Å². The lowest BCUT2D eigenvalue weighted by atomic mass is 10.3. The predicted octanol–water partition coefficient (Wildman–Crippen LogP) is -0.239. The van der Waals surface area contributed by atoms with Gasteiger partial charge in [-0.2, -0.15) is 11.8 Å². The van der Waals surface area contributed by atoms with Crippen LogP contribution in [0, 0.1) is 0 Å². The van der Waals surface area contributed by atoms with Crippen LogP contribution < -0.4 is 10.6 Å². The first-order valence-electron chi connectivity index (χ1n) is 5.51. The number of rotatable bonds is 6. The van der Waals surface area contributed by atoms with Crippen LogP contribution in [-0.2, 0) is 4.79 Å². The molecule has 15 heavy (non-hydrogen) atoms. The van der Waals surface area contributed by atoms with Crippen LogP contribution in [0.15, 0.2) is 0 Å². The van der Waals surface area contributed by atoms with Crippen LogP contribution in [0.1, 0.15) is 6.42 Å². The van der Waals surface area contributed by atoms with Crippen LogP contribution >= 0.6 is 11.8 Å². The van der Waals surface area contributed by atoms with Gasteiger partial charge in [0.1, 0.15) is 0 Å². The Morgan fingerprint density at radius 1 is 1.47 bits per heavy atom. The number of nitrogens with one attached hydrogen (secondary N) is 2. The second kappa shape index (κ2) is 7.96. The van der Waals surface area contributed by atoms with Crippen LogP contribution in [0.3, 0.4) is 0 Å². The number of hydrogen-bond acceptors (Lipinski definition) is 4. The van der Waals surface area contributed by atoms with Crippen molar-refractivity contribution in [2.45, 2.75) is 6.42 Å². The molecule has 1 saturated heterocycles. The minimum atomic E-state index is 0.180. The Morgan fingerprint density at radius 2 is 2.20 bits per heavy atom. The van der Waals surface area contributed by atoms with Gasteiger partial charge in [-0.3, -0.25) is 9.69 Å². The zero-order valence-corrected chi connectivity index (χ0v) is 10.2. The summed E-state index contributed by atoms with van der Waals surface area (Å²) in [4.78, 5) is 13.7. The molecule has 1 amide bonds. The van der Waals surface area contributed by atoms with Crippen molar-refractivity contribution >= 4 is 17.7 Å². The van der Waals surface area contributed by atoms with Crippen molar-refractivity contribution in [2.75, 3.05) is 51.3 Å². The first kappa shape index (κ1) is 12.8. The Bertz CT molecular complexity index is 184. The van der Waals surface area contributed by atoms with E-state index in [0.29, 0.717) is 6.42 Å². The Hall–Kier alpha value is -0.260. The third kappa shape index (κ3) is 6.02. The highest BCUT2D eigenvalue weighted by atomic mass is 32.2. The summed E-state index contributed by atoms with van der Waals surface area (Å²) in [5.41, 5.74) is 0. The van der Waals surface area contributed by atoms with Gasteiger partial charge in [0.25, 0.3) is 0 Å². The van der Waals surface area contributed by atoms with Crippen molar-refractivity contribution < 1.29 is 4.79 Å². The van der Waals surface area contributed by atoms with E-state index >= 15 is 0 Å². The van der Waals surface area contributed by atoms with E-state index in [0.717, 1.165) is 45.0 Å². The molecule has 1 fully saturated rings. The van der Waals surface area contributed by atoms with Crippen molar-refractivity contribution in [1.82, 2.24) is 15.5 Å². The summed E-state index contributed by atoms with van der Waals surface area (Å²) in [6.07, 6.45) is 2.66. The molecule has 1 rings (SSSR count). The summed E-state index contributed by atoms with van der Waals surface area (Å²) in [6, 6.07) is 0. The minimum absolute atomic E-state index is 0.180. The van der Waals surface area contributed by atoms with Gasteiger partial charge in [0.2, 0.25) is 5.91 Å². The first-order valence-corrected chi connectivity index (χ1v) is 6.91. The van der Waals surface area contributed by atoms with E-state index < -0.39 is 0 Å². The van der Waals surface area contributed by atoms with Gasteiger partial charge in [-0.15, -0.1) is 0 Å². The van der Waals surface area contributed by atoms with E-state index in [1.807, 2.05) is 6.26 Å². The quantitative estimate of drug-likeness (QED) is 0.662. The number of hydrogen-bond donors (Lipinski definition) is 2. The maximum absolute atomic E-state index is 11.3. The fourth-order valence-electron chi connectivity index (χ4n) is 1.57. The minimum Gasteiger partial charge on any atom is -0.355 e. The maximum Gasteiger partial charge on any atom is 0.220 e. The number of carbonyl (C=O) groups is 1. The van der Waals surface area contributed by atoms with Gasteiger partial charge in [0.05, 0.1) is 0 Å². The predicted molar refractivity (Wildman–Crippen MR) is 65.3 cm³/mol. The number of amides is 1. The van der Waals surface area contributed by atoms with Gasteiger partial charge in [-0.05, 0) is 6.26 Å². The van der Waals surface area contributed by atoms with Gasteiger partial charge in [-0.1, -0.05) is 0 Å². The van der Waals surface area contributed by atoms with E-state index in [2.05, 4.69) is 15.5 Å².